The molecule has 3 atom stereocenters. The molecule has 6 aliphatic rings. The summed E-state index contributed by atoms with van der Waals surface area (Å²) in [5.41, 5.74) is 0.779. The topological polar surface area (TPSA) is 95.6 Å². The highest BCUT2D eigenvalue weighted by Crippen LogP contribution is 2.59. The molecule has 6 fully saturated rings. The average molecular weight is 530 g/mol. The fourth-order valence-electron chi connectivity index (χ4n) is 8.04. The Morgan fingerprint density at radius 3 is 2.25 bits per heavy atom. The minimum atomic E-state index is -3.63. The summed E-state index contributed by atoms with van der Waals surface area (Å²) in [6.45, 7) is 5.11. The number of thioether (sulfide) groups is 1. The molecule has 2 heterocycles. The number of rotatable bonds is 7. The van der Waals surface area contributed by atoms with Gasteiger partial charge >= 0.3 is 0 Å². The van der Waals surface area contributed by atoms with E-state index in [4.69, 9.17) is 0 Å². The first-order valence-corrected chi connectivity index (χ1v) is 15.6. The van der Waals surface area contributed by atoms with Crippen LogP contribution in [0.25, 0.3) is 0 Å². The second-order valence-corrected chi connectivity index (χ2v) is 15.2. The molecule has 194 valence electrons. The first-order chi connectivity index (χ1) is 17.2. The van der Waals surface area contributed by atoms with Gasteiger partial charge < -0.3 is 10.6 Å². The van der Waals surface area contributed by atoms with Crippen molar-refractivity contribution in [3.63, 3.8) is 0 Å². The molecule has 2 N–H and O–H groups in total. The number of carbonyl (C=O) groups excluding carboxylic acids is 2. The van der Waals surface area contributed by atoms with Crippen LogP contribution < -0.4 is 10.6 Å². The molecular weight excluding hydrogens is 494 g/mol. The van der Waals surface area contributed by atoms with E-state index in [0.717, 1.165) is 30.7 Å². The SMILES string of the molecule is C=CC(=O)NC1CC2CN(S(=O)(=O)c3ccc(C(=O)NCC45CC6CC(CC(C6)C4)C5)cc3)CC2S1. The van der Waals surface area contributed by atoms with Gasteiger partial charge in [-0.1, -0.05) is 6.58 Å². The van der Waals surface area contributed by atoms with Crippen LogP contribution >= 0.6 is 11.8 Å². The Labute approximate surface area is 217 Å². The summed E-state index contributed by atoms with van der Waals surface area (Å²) in [4.78, 5) is 24.7. The number of hydrogen-bond donors (Lipinski definition) is 2. The third-order valence-electron chi connectivity index (χ3n) is 9.24. The maximum absolute atomic E-state index is 13.3. The Hall–Kier alpha value is -1.84. The molecule has 1 aromatic carbocycles. The number of hydrogen-bond acceptors (Lipinski definition) is 5. The van der Waals surface area contributed by atoms with Crippen molar-refractivity contribution in [2.75, 3.05) is 19.6 Å². The monoisotopic (exact) mass is 529 g/mol. The van der Waals surface area contributed by atoms with Crippen LogP contribution in [-0.2, 0) is 14.8 Å². The molecule has 3 unspecified atom stereocenters. The van der Waals surface area contributed by atoms with Gasteiger partial charge in [-0.25, -0.2) is 8.42 Å². The number of fused-ring (bicyclic) bond motifs is 1. The summed E-state index contributed by atoms with van der Waals surface area (Å²) < 4.78 is 28.1. The van der Waals surface area contributed by atoms with E-state index in [2.05, 4.69) is 17.2 Å². The van der Waals surface area contributed by atoms with Gasteiger partial charge in [-0.15, -0.1) is 11.8 Å². The maximum Gasteiger partial charge on any atom is 0.251 e. The molecule has 9 heteroatoms. The van der Waals surface area contributed by atoms with Crippen LogP contribution in [0, 0.1) is 29.1 Å². The number of nitrogens with zero attached hydrogens (tertiary/aromatic N) is 1. The van der Waals surface area contributed by atoms with Gasteiger partial charge in [0.25, 0.3) is 5.91 Å². The summed E-state index contributed by atoms with van der Waals surface area (Å²) in [5.74, 6) is 2.44. The minimum absolute atomic E-state index is 0.00609. The largest absolute Gasteiger partial charge is 0.351 e. The van der Waals surface area contributed by atoms with E-state index in [1.807, 2.05) is 0 Å². The summed E-state index contributed by atoms with van der Waals surface area (Å²) in [6.07, 6.45) is 9.89. The van der Waals surface area contributed by atoms with E-state index in [-0.39, 0.29) is 38.7 Å². The Kier molecular flexibility index (Phi) is 6.24. The van der Waals surface area contributed by atoms with Crippen molar-refractivity contribution < 1.29 is 18.0 Å². The van der Waals surface area contributed by atoms with Crippen molar-refractivity contribution in [2.24, 2.45) is 29.1 Å². The molecule has 2 aliphatic heterocycles. The highest BCUT2D eigenvalue weighted by atomic mass is 32.2. The Bertz CT molecular complexity index is 1120. The number of carbonyl (C=O) groups is 2. The number of nitrogens with one attached hydrogen (secondary N) is 2. The summed E-state index contributed by atoms with van der Waals surface area (Å²) in [5, 5.41) is 6.26. The van der Waals surface area contributed by atoms with Gasteiger partial charge in [0.1, 0.15) is 0 Å². The lowest BCUT2D eigenvalue weighted by Gasteiger charge is -2.56. The third-order valence-corrected chi connectivity index (χ3v) is 12.6. The lowest BCUT2D eigenvalue weighted by molar-refractivity contribution is -0.116. The quantitative estimate of drug-likeness (QED) is 0.528. The number of amides is 2. The molecule has 4 saturated carbocycles. The van der Waals surface area contributed by atoms with E-state index in [1.165, 1.54) is 44.6 Å². The van der Waals surface area contributed by atoms with Crippen LogP contribution in [0.5, 0.6) is 0 Å². The standard InChI is InChI=1S/C27H35N3O4S2/c1-2-24(31)29-25-10-21-14-30(15-23(21)35-25)36(33,34)22-5-3-20(4-6-22)26(32)28-16-27-11-17-7-18(12-27)9-19(8-17)13-27/h2-6,17-19,21,23,25H,1,7-16H2,(H,28,32)(H,29,31). The molecule has 7 rings (SSSR count). The number of benzene rings is 1. The Balaban J connectivity index is 1.05. The lowest BCUT2D eigenvalue weighted by Crippen LogP contribution is -2.51. The molecule has 0 radical (unpaired) electrons. The minimum Gasteiger partial charge on any atom is -0.351 e. The van der Waals surface area contributed by atoms with Crippen molar-refractivity contribution >= 4 is 33.6 Å². The highest BCUT2D eigenvalue weighted by Gasteiger charge is 2.51. The second kappa shape index (κ2) is 9.17. The van der Waals surface area contributed by atoms with Crippen molar-refractivity contribution in [3.05, 3.63) is 42.5 Å². The van der Waals surface area contributed by atoms with Crippen LogP contribution in [0.4, 0.5) is 0 Å². The van der Waals surface area contributed by atoms with E-state index in [1.54, 1.807) is 40.3 Å². The lowest BCUT2D eigenvalue weighted by atomic mass is 9.49. The predicted octanol–water partition coefficient (Wildman–Crippen LogP) is 3.39. The Morgan fingerprint density at radius 2 is 1.67 bits per heavy atom. The van der Waals surface area contributed by atoms with Crippen molar-refractivity contribution in [3.8, 4) is 0 Å². The van der Waals surface area contributed by atoms with Gasteiger partial charge in [0.15, 0.2) is 0 Å². The van der Waals surface area contributed by atoms with E-state index in [9.17, 15) is 18.0 Å². The molecule has 36 heavy (non-hydrogen) atoms. The van der Waals surface area contributed by atoms with Crippen molar-refractivity contribution in [2.45, 2.75) is 60.5 Å². The summed E-state index contributed by atoms with van der Waals surface area (Å²) in [7, 11) is -3.63. The van der Waals surface area contributed by atoms with Crippen molar-refractivity contribution in [1.29, 1.82) is 0 Å². The van der Waals surface area contributed by atoms with Gasteiger partial charge in [-0.05, 0) is 104 Å². The Morgan fingerprint density at radius 1 is 1.03 bits per heavy atom. The molecule has 4 bridgehead atoms. The first kappa shape index (κ1) is 24.5. The van der Waals surface area contributed by atoms with E-state index >= 15 is 0 Å². The molecule has 0 aromatic heterocycles. The zero-order valence-corrected chi connectivity index (χ0v) is 22.2. The zero-order chi connectivity index (χ0) is 25.1. The van der Waals surface area contributed by atoms with Crippen LogP contribution in [0.2, 0.25) is 0 Å². The van der Waals surface area contributed by atoms with Gasteiger partial charge in [-0.3, -0.25) is 9.59 Å². The van der Waals surface area contributed by atoms with Gasteiger partial charge in [0.2, 0.25) is 15.9 Å². The predicted molar refractivity (Wildman–Crippen MR) is 140 cm³/mol. The smallest absolute Gasteiger partial charge is 0.251 e. The van der Waals surface area contributed by atoms with Crippen molar-refractivity contribution in [1.82, 2.24) is 14.9 Å². The van der Waals surface area contributed by atoms with Crippen LogP contribution in [0.15, 0.2) is 41.8 Å². The molecule has 4 aliphatic carbocycles. The van der Waals surface area contributed by atoms with E-state index < -0.39 is 10.0 Å². The number of sulfonamides is 1. The van der Waals surface area contributed by atoms with Crippen LogP contribution in [0.3, 0.4) is 0 Å². The fraction of sp³-hybridized carbons (Fsp3) is 0.630. The second-order valence-electron chi connectivity index (χ2n) is 11.8. The van der Waals surface area contributed by atoms with E-state index in [0.29, 0.717) is 18.7 Å². The summed E-state index contributed by atoms with van der Waals surface area (Å²) in [6, 6.07) is 6.38. The van der Waals surface area contributed by atoms with Crippen LogP contribution in [0.1, 0.15) is 55.3 Å². The molecule has 2 amide bonds. The third kappa shape index (κ3) is 4.52. The van der Waals surface area contributed by atoms with Crippen LogP contribution in [-0.4, -0.2) is 54.8 Å². The van der Waals surface area contributed by atoms with Gasteiger partial charge in [-0.2, -0.15) is 4.31 Å². The highest BCUT2D eigenvalue weighted by molar-refractivity contribution is 8.00. The van der Waals surface area contributed by atoms with Gasteiger partial charge in [0, 0.05) is 30.4 Å². The average Bonchev–Trinajstić information content (AvgIpc) is 3.41. The molecule has 7 nitrogen and oxygen atoms in total. The summed E-state index contributed by atoms with van der Waals surface area (Å²) >= 11 is 1.63. The fourth-order valence-corrected chi connectivity index (χ4v) is 11.3. The molecule has 2 saturated heterocycles. The normalized spacial score (nSPS) is 37.0. The molecule has 1 aromatic rings. The first-order valence-electron chi connectivity index (χ1n) is 13.2. The maximum atomic E-state index is 13.3. The zero-order valence-electron chi connectivity index (χ0n) is 20.5. The molecule has 0 spiro atoms. The molecular formula is C27H35N3O4S2. The van der Waals surface area contributed by atoms with Gasteiger partial charge in [0.05, 0.1) is 10.3 Å².